The summed E-state index contributed by atoms with van der Waals surface area (Å²) in [6, 6.07) is 8.44. The first-order valence-corrected chi connectivity index (χ1v) is 7.27. The molecule has 0 aliphatic heterocycles. The van der Waals surface area contributed by atoms with Gasteiger partial charge in [0.1, 0.15) is 0 Å². The molecule has 110 valence electrons. The fourth-order valence-corrected chi connectivity index (χ4v) is 2.92. The van der Waals surface area contributed by atoms with Crippen LogP contribution in [0, 0.1) is 11.8 Å². The Kier molecular flexibility index (Phi) is 5.01. The highest BCUT2D eigenvalue weighted by Crippen LogP contribution is 2.31. The molecular formula is C16H24N2O2. The molecule has 2 N–H and O–H groups in total. The van der Waals surface area contributed by atoms with Crippen LogP contribution in [-0.4, -0.2) is 31.7 Å². The average molecular weight is 276 g/mol. The lowest BCUT2D eigenvalue weighted by Gasteiger charge is -2.17. The first kappa shape index (κ1) is 14.9. The van der Waals surface area contributed by atoms with Crippen molar-refractivity contribution in [1.82, 2.24) is 5.32 Å². The first-order valence-electron chi connectivity index (χ1n) is 7.27. The van der Waals surface area contributed by atoms with Crippen molar-refractivity contribution in [3.63, 3.8) is 0 Å². The second-order valence-electron chi connectivity index (χ2n) is 5.83. The zero-order valence-electron chi connectivity index (χ0n) is 12.3. The Balaban J connectivity index is 1.79. The monoisotopic (exact) mass is 276 g/mol. The molecule has 2 unspecified atom stereocenters. The summed E-state index contributed by atoms with van der Waals surface area (Å²) in [5.74, 6) is -0.503. The number of carbonyl (C=O) groups is 1. The van der Waals surface area contributed by atoms with Crippen molar-refractivity contribution in [2.24, 2.45) is 11.8 Å². The molecular weight excluding hydrogens is 252 g/mol. The zero-order valence-corrected chi connectivity index (χ0v) is 12.3. The van der Waals surface area contributed by atoms with Gasteiger partial charge in [0.15, 0.2) is 0 Å². The third-order valence-electron chi connectivity index (χ3n) is 4.16. The molecule has 4 heteroatoms. The number of nitrogens with zero attached hydrogens (tertiary/aromatic N) is 1. The van der Waals surface area contributed by atoms with Crippen LogP contribution in [0.15, 0.2) is 24.3 Å². The van der Waals surface area contributed by atoms with E-state index in [4.69, 9.17) is 5.11 Å². The summed E-state index contributed by atoms with van der Waals surface area (Å²) in [6.45, 7) is 1.60. The molecule has 1 aliphatic carbocycles. The number of carboxylic acid groups (broad SMARTS) is 1. The molecule has 0 saturated heterocycles. The second kappa shape index (κ2) is 6.75. The number of rotatable bonds is 6. The molecule has 0 bridgehead atoms. The first-order chi connectivity index (χ1) is 9.58. The van der Waals surface area contributed by atoms with Crippen molar-refractivity contribution >= 4 is 11.7 Å². The summed E-state index contributed by atoms with van der Waals surface area (Å²) in [7, 11) is 4.05. The minimum Gasteiger partial charge on any atom is -0.481 e. The maximum atomic E-state index is 11.1. The third-order valence-corrected chi connectivity index (χ3v) is 4.16. The number of anilines is 1. The van der Waals surface area contributed by atoms with Gasteiger partial charge in [0.05, 0.1) is 5.92 Å². The predicted molar refractivity (Wildman–Crippen MR) is 80.9 cm³/mol. The molecule has 0 radical (unpaired) electrons. The molecule has 4 nitrogen and oxygen atoms in total. The van der Waals surface area contributed by atoms with Gasteiger partial charge in [-0.2, -0.15) is 0 Å². The lowest BCUT2D eigenvalue weighted by atomic mass is 9.96. The Bertz CT molecular complexity index is 442. The summed E-state index contributed by atoms with van der Waals surface area (Å²) < 4.78 is 0. The fourth-order valence-electron chi connectivity index (χ4n) is 2.92. The lowest BCUT2D eigenvalue weighted by molar-refractivity contribution is -0.142. The number of benzene rings is 1. The highest BCUT2D eigenvalue weighted by atomic mass is 16.4. The number of nitrogens with one attached hydrogen (secondary N) is 1. The van der Waals surface area contributed by atoms with Gasteiger partial charge in [-0.15, -0.1) is 0 Å². The smallest absolute Gasteiger partial charge is 0.306 e. The van der Waals surface area contributed by atoms with Gasteiger partial charge in [0, 0.05) is 26.3 Å². The van der Waals surface area contributed by atoms with Crippen LogP contribution in [-0.2, 0) is 11.3 Å². The molecule has 1 aromatic rings. The van der Waals surface area contributed by atoms with Crippen molar-refractivity contribution in [2.45, 2.75) is 25.8 Å². The lowest BCUT2D eigenvalue weighted by Crippen LogP contribution is -2.28. The Morgan fingerprint density at radius 3 is 2.60 bits per heavy atom. The molecule has 1 aliphatic rings. The van der Waals surface area contributed by atoms with Crippen LogP contribution in [0.5, 0.6) is 0 Å². The molecule has 0 spiro atoms. The van der Waals surface area contributed by atoms with Gasteiger partial charge in [-0.3, -0.25) is 4.79 Å². The van der Waals surface area contributed by atoms with E-state index in [0.717, 1.165) is 32.4 Å². The number of carboxylic acids is 1. The van der Waals surface area contributed by atoms with E-state index in [2.05, 4.69) is 34.5 Å². The molecule has 2 atom stereocenters. The summed E-state index contributed by atoms with van der Waals surface area (Å²) in [5.41, 5.74) is 2.43. The largest absolute Gasteiger partial charge is 0.481 e. The maximum Gasteiger partial charge on any atom is 0.306 e. The SMILES string of the molecule is CN(C)c1ccc(CNCC2CCCC2C(=O)O)cc1. The van der Waals surface area contributed by atoms with E-state index in [1.807, 2.05) is 14.1 Å². The van der Waals surface area contributed by atoms with E-state index in [9.17, 15) is 4.79 Å². The standard InChI is InChI=1S/C16H24N2O2/c1-18(2)14-8-6-12(7-9-14)10-17-11-13-4-3-5-15(13)16(19)20/h6-9,13,15,17H,3-5,10-11H2,1-2H3,(H,19,20). The van der Waals surface area contributed by atoms with E-state index >= 15 is 0 Å². The quantitative estimate of drug-likeness (QED) is 0.837. The number of hydrogen-bond acceptors (Lipinski definition) is 3. The summed E-state index contributed by atoms with van der Waals surface area (Å²) >= 11 is 0. The van der Waals surface area contributed by atoms with Crippen LogP contribution in [0.1, 0.15) is 24.8 Å². The molecule has 0 heterocycles. The zero-order chi connectivity index (χ0) is 14.5. The summed E-state index contributed by atoms with van der Waals surface area (Å²) in [5, 5.41) is 12.6. The maximum absolute atomic E-state index is 11.1. The minimum atomic E-state index is -0.635. The van der Waals surface area contributed by atoms with E-state index in [1.54, 1.807) is 0 Å². The second-order valence-corrected chi connectivity index (χ2v) is 5.83. The minimum absolute atomic E-state index is 0.154. The van der Waals surface area contributed by atoms with Gasteiger partial charge in [-0.25, -0.2) is 0 Å². The van der Waals surface area contributed by atoms with E-state index in [1.165, 1.54) is 11.3 Å². The van der Waals surface area contributed by atoms with E-state index < -0.39 is 5.97 Å². The van der Waals surface area contributed by atoms with Crippen molar-refractivity contribution in [3.8, 4) is 0 Å². The number of hydrogen-bond donors (Lipinski definition) is 2. The molecule has 0 amide bonds. The molecule has 1 saturated carbocycles. The van der Waals surface area contributed by atoms with E-state index in [-0.39, 0.29) is 11.8 Å². The Hall–Kier alpha value is -1.55. The normalized spacial score (nSPS) is 21.9. The van der Waals surface area contributed by atoms with Gasteiger partial charge in [0.2, 0.25) is 0 Å². The van der Waals surface area contributed by atoms with Crippen molar-refractivity contribution in [3.05, 3.63) is 29.8 Å². The van der Waals surface area contributed by atoms with Gasteiger partial charge in [-0.1, -0.05) is 18.6 Å². The number of aliphatic carboxylic acids is 1. The van der Waals surface area contributed by atoms with Gasteiger partial charge < -0.3 is 15.3 Å². The Morgan fingerprint density at radius 1 is 1.30 bits per heavy atom. The molecule has 20 heavy (non-hydrogen) atoms. The molecule has 0 aromatic heterocycles. The highest BCUT2D eigenvalue weighted by Gasteiger charge is 2.32. The van der Waals surface area contributed by atoms with Crippen LogP contribution < -0.4 is 10.2 Å². The summed E-state index contributed by atoms with van der Waals surface area (Å²) in [6.07, 6.45) is 2.91. The molecule has 2 rings (SSSR count). The van der Waals surface area contributed by atoms with Crippen LogP contribution in [0.3, 0.4) is 0 Å². The molecule has 1 aromatic carbocycles. The van der Waals surface area contributed by atoms with E-state index in [0.29, 0.717) is 0 Å². The Morgan fingerprint density at radius 2 is 2.00 bits per heavy atom. The Labute approximate surface area is 120 Å². The summed E-state index contributed by atoms with van der Waals surface area (Å²) in [4.78, 5) is 13.2. The van der Waals surface area contributed by atoms with Crippen molar-refractivity contribution in [1.29, 1.82) is 0 Å². The van der Waals surface area contributed by atoms with Crippen LogP contribution in [0.25, 0.3) is 0 Å². The van der Waals surface area contributed by atoms with Gasteiger partial charge in [-0.05, 0) is 43.0 Å². The fraction of sp³-hybridized carbons (Fsp3) is 0.562. The van der Waals surface area contributed by atoms with Crippen molar-refractivity contribution < 1.29 is 9.90 Å². The van der Waals surface area contributed by atoms with Crippen molar-refractivity contribution in [2.75, 3.05) is 25.5 Å². The van der Waals surface area contributed by atoms with Gasteiger partial charge in [0.25, 0.3) is 0 Å². The third kappa shape index (κ3) is 3.73. The van der Waals surface area contributed by atoms with Crippen LogP contribution in [0.4, 0.5) is 5.69 Å². The highest BCUT2D eigenvalue weighted by molar-refractivity contribution is 5.70. The topological polar surface area (TPSA) is 52.6 Å². The van der Waals surface area contributed by atoms with Gasteiger partial charge >= 0.3 is 5.97 Å². The molecule has 1 fully saturated rings. The van der Waals surface area contributed by atoms with Crippen LogP contribution in [0.2, 0.25) is 0 Å². The average Bonchev–Trinajstić information content (AvgIpc) is 2.88. The van der Waals surface area contributed by atoms with Crippen LogP contribution >= 0.6 is 0 Å². The predicted octanol–water partition coefficient (Wildman–Crippen LogP) is 2.34.